The van der Waals surface area contributed by atoms with Gasteiger partial charge in [0.25, 0.3) is 5.91 Å². The van der Waals surface area contributed by atoms with E-state index in [2.05, 4.69) is 5.32 Å². The van der Waals surface area contributed by atoms with E-state index in [0.29, 0.717) is 41.8 Å². The first kappa shape index (κ1) is 19.0. The summed E-state index contributed by atoms with van der Waals surface area (Å²) < 4.78 is 0. The van der Waals surface area contributed by atoms with Crippen LogP contribution in [-0.4, -0.2) is 42.9 Å². The molecule has 1 heterocycles. The number of nitrogens with two attached hydrogens (primary N) is 1. The van der Waals surface area contributed by atoms with E-state index in [1.54, 1.807) is 23.1 Å². The predicted molar refractivity (Wildman–Crippen MR) is 96.4 cm³/mol. The molecule has 1 aromatic carbocycles. The molecule has 0 aromatic heterocycles. The van der Waals surface area contributed by atoms with Gasteiger partial charge in [0.2, 0.25) is 5.91 Å². The topological polar surface area (TPSA) is 75.4 Å². The quantitative estimate of drug-likeness (QED) is 0.754. The highest BCUT2D eigenvalue weighted by Gasteiger charge is 2.28. The van der Waals surface area contributed by atoms with E-state index in [1.165, 1.54) is 0 Å². The molecule has 1 aliphatic rings. The number of nitrogens with zero attached hydrogens (tertiary/aromatic N) is 1. The first-order valence-corrected chi connectivity index (χ1v) is 9.00. The maximum atomic E-state index is 12.6. The van der Waals surface area contributed by atoms with Gasteiger partial charge in [-0.25, -0.2) is 0 Å². The van der Waals surface area contributed by atoms with Gasteiger partial charge in [-0.1, -0.05) is 23.2 Å². The van der Waals surface area contributed by atoms with Crippen LogP contribution < -0.4 is 11.1 Å². The summed E-state index contributed by atoms with van der Waals surface area (Å²) in [5.74, 6) is -0.267. The highest BCUT2D eigenvalue weighted by Crippen LogP contribution is 2.25. The summed E-state index contributed by atoms with van der Waals surface area (Å²) in [7, 11) is 0. The smallest absolute Gasteiger partial charge is 0.253 e. The van der Waals surface area contributed by atoms with Crippen LogP contribution in [0.5, 0.6) is 0 Å². The number of rotatable bonds is 6. The maximum absolute atomic E-state index is 12.6. The Kier molecular flexibility index (Phi) is 7.34. The van der Waals surface area contributed by atoms with Gasteiger partial charge in [0.05, 0.1) is 16.0 Å². The lowest BCUT2D eigenvalue weighted by molar-refractivity contribution is -0.126. The van der Waals surface area contributed by atoms with Crippen molar-refractivity contribution in [3.8, 4) is 0 Å². The van der Waals surface area contributed by atoms with Gasteiger partial charge in [-0.2, -0.15) is 0 Å². The second-order valence-electron chi connectivity index (χ2n) is 6.01. The Labute approximate surface area is 152 Å². The number of unbranched alkanes of at least 4 members (excludes halogenated alkanes) is 1. The first-order chi connectivity index (χ1) is 11.5. The molecule has 1 aliphatic heterocycles. The average Bonchev–Trinajstić information content (AvgIpc) is 2.60. The van der Waals surface area contributed by atoms with Crippen LogP contribution in [0.2, 0.25) is 10.0 Å². The van der Waals surface area contributed by atoms with Crippen molar-refractivity contribution in [2.24, 2.45) is 11.7 Å². The zero-order valence-electron chi connectivity index (χ0n) is 13.6. The van der Waals surface area contributed by atoms with Crippen LogP contribution in [0.1, 0.15) is 36.0 Å². The van der Waals surface area contributed by atoms with Crippen LogP contribution in [0.4, 0.5) is 0 Å². The molecule has 1 unspecified atom stereocenters. The molecular formula is C17H23Cl2N3O2. The molecule has 3 N–H and O–H groups in total. The fraction of sp³-hybridized carbons (Fsp3) is 0.529. The van der Waals surface area contributed by atoms with Crippen LogP contribution in [-0.2, 0) is 4.79 Å². The standard InChI is InChI=1S/C17H23Cl2N3O2/c18-14-6-5-12(10-15(14)19)17(24)22-9-3-4-13(11-22)16(23)21-8-2-1-7-20/h5-6,10,13H,1-4,7-9,11,20H2,(H,21,23). The summed E-state index contributed by atoms with van der Waals surface area (Å²) in [5, 5.41) is 3.71. The zero-order chi connectivity index (χ0) is 17.5. The summed E-state index contributed by atoms with van der Waals surface area (Å²) in [5.41, 5.74) is 5.93. The van der Waals surface area contributed by atoms with Crippen molar-refractivity contribution in [3.63, 3.8) is 0 Å². The van der Waals surface area contributed by atoms with Crippen LogP contribution in [0.25, 0.3) is 0 Å². The third kappa shape index (κ3) is 5.10. The second kappa shape index (κ2) is 9.25. The Morgan fingerprint density at radius 1 is 1.25 bits per heavy atom. The van der Waals surface area contributed by atoms with Gasteiger partial charge in [0.1, 0.15) is 0 Å². The van der Waals surface area contributed by atoms with Gasteiger partial charge in [0.15, 0.2) is 0 Å². The fourth-order valence-corrected chi connectivity index (χ4v) is 3.11. The average molecular weight is 372 g/mol. The number of hydrogen-bond acceptors (Lipinski definition) is 3. The maximum Gasteiger partial charge on any atom is 0.253 e. The Morgan fingerprint density at radius 3 is 2.75 bits per heavy atom. The van der Waals surface area contributed by atoms with Crippen molar-refractivity contribution in [2.45, 2.75) is 25.7 Å². The Hall–Kier alpha value is -1.30. The van der Waals surface area contributed by atoms with Gasteiger partial charge in [-0.05, 0) is 50.4 Å². The summed E-state index contributed by atoms with van der Waals surface area (Å²) in [6.45, 7) is 2.34. The number of benzene rings is 1. The lowest BCUT2D eigenvalue weighted by Gasteiger charge is -2.32. The zero-order valence-corrected chi connectivity index (χ0v) is 15.1. The highest BCUT2D eigenvalue weighted by atomic mass is 35.5. The number of amides is 2. The van der Waals surface area contributed by atoms with Crippen LogP contribution in [0, 0.1) is 5.92 Å². The summed E-state index contributed by atoms with van der Waals surface area (Å²) in [6.07, 6.45) is 3.38. The molecule has 2 amide bonds. The lowest BCUT2D eigenvalue weighted by atomic mass is 9.96. The molecule has 0 radical (unpaired) electrons. The van der Waals surface area contributed by atoms with Crippen LogP contribution >= 0.6 is 23.2 Å². The largest absolute Gasteiger partial charge is 0.356 e. The van der Waals surface area contributed by atoms with Crippen molar-refractivity contribution >= 4 is 35.0 Å². The molecule has 1 atom stereocenters. The first-order valence-electron chi connectivity index (χ1n) is 8.25. The lowest BCUT2D eigenvalue weighted by Crippen LogP contribution is -2.45. The molecule has 1 saturated heterocycles. The number of carbonyl (C=O) groups is 2. The van der Waals surface area contributed by atoms with Crippen molar-refractivity contribution in [1.82, 2.24) is 10.2 Å². The van der Waals surface area contributed by atoms with Crippen LogP contribution in [0.15, 0.2) is 18.2 Å². The van der Waals surface area contributed by atoms with E-state index in [1.807, 2.05) is 0 Å². The number of likely N-dealkylation sites (tertiary alicyclic amines) is 1. The Balaban J connectivity index is 1.93. The molecule has 7 heteroatoms. The molecule has 2 rings (SSSR count). The van der Waals surface area contributed by atoms with E-state index >= 15 is 0 Å². The third-order valence-electron chi connectivity index (χ3n) is 4.18. The molecule has 0 saturated carbocycles. The number of halogens is 2. The van der Waals surface area contributed by atoms with Gasteiger partial charge in [-0.15, -0.1) is 0 Å². The van der Waals surface area contributed by atoms with Gasteiger partial charge in [-0.3, -0.25) is 9.59 Å². The molecule has 0 aliphatic carbocycles. The molecule has 132 valence electrons. The summed E-state index contributed by atoms with van der Waals surface area (Å²) >= 11 is 11.9. The normalized spacial score (nSPS) is 17.6. The van der Waals surface area contributed by atoms with Gasteiger partial charge in [0, 0.05) is 25.2 Å². The molecule has 0 bridgehead atoms. The minimum atomic E-state index is -0.164. The third-order valence-corrected chi connectivity index (χ3v) is 4.92. The second-order valence-corrected chi connectivity index (χ2v) is 6.82. The van der Waals surface area contributed by atoms with E-state index < -0.39 is 0 Å². The fourth-order valence-electron chi connectivity index (χ4n) is 2.81. The highest BCUT2D eigenvalue weighted by molar-refractivity contribution is 6.42. The van der Waals surface area contributed by atoms with Crippen LogP contribution in [0.3, 0.4) is 0 Å². The van der Waals surface area contributed by atoms with Gasteiger partial charge < -0.3 is 16.0 Å². The predicted octanol–water partition coefficient (Wildman–Crippen LogP) is 2.70. The Bertz CT molecular complexity index is 595. The molecular weight excluding hydrogens is 349 g/mol. The summed E-state index contributed by atoms with van der Waals surface area (Å²) in [4.78, 5) is 26.6. The van der Waals surface area contributed by atoms with E-state index in [0.717, 1.165) is 25.7 Å². The molecule has 0 spiro atoms. The van der Waals surface area contributed by atoms with E-state index in [4.69, 9.17) is 28.9 Å². The van der Waals surface area contributed by atoms with E-state index in [9.17, 15) is 9.59 Å². The molecule has 1 fully saturated rings. The van der Waals surface area contributed by atoms with Crippen molar-refractivity contribution in [2.75, 3.05) is 26.2 Å². The van der Waals surface area contributed by atoms with Crippen molar-refractivity contribution < 1.29 is 9.59 Å². The number of carbonyl (C=O) groups excluding carboxylic acids is 2. The minimum absolute atomic E-state index is 0.0126. The van der Waals surface area contributed by atoms with Crippen molar-refractivity contribution in [3.05, 3.63) is 33.8 Å². The van der Waals surface area contributed by atoms with Gasteiger partial charge >= 0.3 is 0 Å². The number of hydrogen-bond donors (Lipinski definition) is 2. The molecule has 1 aromatic rings. The minimum Gasteiger partial charge on any atom is -0.356 e. The molecule has 5 nitrogen and oxygen atoms in total. The molecule has 24 heavy (non-hydrogen) atoms. The number of nitrogens with one attached hydrogen (secondary N) is 1. The van der Waals surface area contributed by atoms with Crippen molar-refractivity contribution in [1.29, 1.82) is 0 Å². The van der Waals surface area contributed by atoms with E-state index in [-0.39, 0.29) is 17.7 Å². The Morgan fingerprint density at radius 2 is 2.04 bits per heavy atom. The summed E-state index contributed by atoms with van der Waals surface area (Å²) in [6, 6.07) is 4.85. The SMILES string of the molecule is NCCCCNC(=O)C1CCCN(C(=O)c2ccc(Cl)c(Cl)c2)C1. The number of piperidine rings is 1. The monoisotopic (exact) mass is 371 g/mol.